The van der Waals surface area contributed by atoms with Gasteiger partial charge < -0.3 is 5.73 Å². The molecule has 0 amide bonds. The van der Waals surface area contributed by atoms with E-state index < -0.39 is 0 Å². The van der Waals surface area contributed by atoms with Crippen molar-refractivity contribution >= 4 is 22.0 Å². The summed E-state index contributed by atoms with van der Waals surface area (Å²) in [5.41, 5.74) is 5.16. The summed E-state index contributed by atoms with van der Waals surface area (Å²) in [5, 5.41) is 0. The van der Waals surface area contributed by atoms with Crippen LogP contribution in [-0.4, -0.2) is 28.3 Å². The maximum atomic E-state index is 5.16. The Kier molecular flexibility index (Phi) is 8.02. The smallest absolute Gasteiger partial charge is 0.00286 e. The standard InChI is InChI=1S/C3H11NSi.C2H4S/c4-2-1-3-5;1-2-3-1/h1-4H2,5H3;1-2H2. The first kappa shape index (κ1) is 8.53. The third-order valence-electron chi connectivity index (χ3n) is 0.762. The lowest BCUT2D eigenvalue weighted by Crippen LogP contribution is -1.96. The number of thioether (sulfide) groups is 1. The second-order valence-electron chi connectivity index (χ2n) is 1.75. The quantitative estimate of drug-likeness (QED) is 0.437. The van der Waals surface area contributed by atoms with Gasteiger partial charge in [-0.05, 0) is 13.0 Å². The van der Waals surface area contributed by atoms with E-state index >= 15 is 0 Å². The zero-order chi connectivity index (χ0) is 6.24. The molecule has 0 aromatic heterocycles. The molecule has 8 heavy (non-hydrogen) atoms. The average molecular weight is 149 g/mol. The SMILES string of the molecule is C1CS1.NCCC[SiH3]. The second kappa shape index (κ2) is 7.53. The average Bonchev–Trinajstić information content (AvgIpc) is 2.50. The largest absolute Gasteiger partial charge is 0.330 e. The van der Waals surface area contributed by atoms with Gasteiger partial charge in [0.05, 0.1) is 0 Å². The second-order valence-corrected chi connectivity index (χ2v) is 3.98. The van der Waals surface area contributed by atoms with E-state index in [-0.39, 0.29) is 0 Å². The van der Waals surface area contributed by atoms with Crippen LogP contribution in [0.1, 0.15) is 6.42 Å². The molecule has 1 rings (SSSR count). The van der Waals surface area contributed by atoms with Crippen molar-refractivity contribution in [1.82, 2.24) is 0 Å². The van der Waals surface area contributed by atoms with Crippen molar-refractivity contribution in [2.45, 2.75) is 12.5 Å². The number of rotatable bonds is 2. The van der Waals surface area contributed by atoms with Crippen LogP contribution in [0.4, 0.5) is 0 Å². The molecule has 0 atom stereocenters. The highest BCUT2D eigenvalue weighted by Gasteiger charge is 1.95. The number of nitrogens with two attached hydrogens (primary N) is 1. The van der Waals surface area contributed by atoms with Crippen LogP contribution in [0.3, 0.4) is 0 Å². The van der Waals surface area contributed by atoms with Crippen molar-refractivity contribution in [1.29, 1.82) is 0 Å². The molecular weight excluding hydrogens is 134 g/mol. The van der Waals surface area contributed by atoms with Gasteiger partial charge in [0.2, 0.25) is 0 Å². The minimum Gasteiger partial charge on any atom is -0.330 e. The summed E-state index contributed by atoms with van der Waals surface area (Å²) < 4.78 is 0. The first-order chi connectivity index (χ1) is 3.91. The molecule has 1 aliphatic heterocycles. The normalized spacial score (nSPS) is 14.6. The van der Waals surface area contributed by atoms with Crippen molar-refractivity contribution < 1.29 is 0 Å². The van der Waals surface area contributed by atoms with Gasteiger partial charge in [0.25, 0.3) is 0 Å². The molecule has 0 aromatic rings. The number of hydrogen-bond acceptors (Lipinski definition) is 2. The zero-order valence-electron chi connectivity index (χ0n) is 5.52. The summed E-state index contributed by atoms with van der Waals surface area (Å²) >= 11 is 2.00. The predicted molar refractivity (Wildman–Crippen MR) is 45.7 cm³/mol. The Balaban J connectivity index is 0.000000135. The highest BCUT2D eigenvalue weighted by Crippen LogP contribution is 2.14. The Morgan fingerprint density at radius 1 is 1.50 bits per heavy atom. The summed E-state index contributed by atoms with van der Waals surface area (Å²) in [7, 11) is 1.32. The fourth-order valence-electron chi connectivity index (χ4n) is 0.204. The lowest BCUT2D eigenvalue weighted by atomic mass is 10.5. The summed E-state index contributed by atoms with van der Waals surface area (Å²) in [6.45, 7) is 0.878. The van der Waals surface area contributed by atoms with Crippen molar-refractivity contribution in [3.8, 4) is 0 Å². The van der Waals surface area contributed by atoms with E-state index in [4.69, 9.17) is 5.73 Å². The van der Waals surface area contributed by atoms with Crippen molar-refractivity contribution in [3.63, 3.8) is 0 Å². The molecule has 0 aliphatic carbocycles. The van der Waals surface area contributed by atoms with E-state index in [1.54, 1.807) is 0 Å². The van der Waals surface area contributed by atoms with E-state index in [2.05, 4.69) is 0 Å². The van der Waals surface area contributed by atoms with Crippen LogP contribution in [-0.2, 0) is 0 Å². The molecule has 0 unspecified atom stereocenters. The summed E-state index contributed by atoms with van der Waals surface area (Å²) in [4.78, 5) is 0. The topological polar surface area (TPSA) is 26.0 Å². The van der Waals surface area contributed by atoms with Crippen LogP contribution in [0, 0.1) is 0 Å². The zero-order valence-corrected chi connectivity index (χ0v) is 8.34. The lowest BCUT2D eigenvalue weighted by molar-refractivity contribution is 0.930. The van der Waals surface area contributed by atoms with Gasteiger partial charge in [0.15, 0.2) is 0 Å². The predicted octanol–water partition coefficient (Wildman–Crippen LogP) is -0.148. The van der Waals surface area contributed by atoms with Crippen molar-refractivity contribution in [2.24, 2.45) is 5.73 Å². The Morgan fingerprint density at radius 2 is 2.00 bits per heavy atom. The minimum atomic E-state index is 0.878. The Hall–Kier alpha value is 0.527. The molecule has 0 saturated carbocycles. The van der Waals surface area contributed by atoms with Gasteiger partial charge in [-0.3, -0.25) is 0 Å². The van der Waals surface area contributed by atoms with E-state index in [0.717, 1.165) is 6.54 Å². The number of hydrogen-bond donors (Lipinski definition) is 1. The third-order valence-corrected chi connectivity index (χ3v) is 1.88. The van der Waals surface area contributed by atoms with Gasteiger partial charge in [-0.2, -0.15) is 11.8 Å². The highest BCUT2D eigenvalue weighted by atomic mass is 32.2. The first-order valence-corrected chi connectivity index (χ1v) is 5.76. The molecule has 0 bridgehead atoms. The Bertz CT molecular complexity index is 36.7. The van der Waals surface area contributed by atoms with Crippen LogP contribution in [0.15, 0.2) is 0 Å². The fourth-order valence-corrected chi connectivity index (χ4v) is 0.612. The molecule has 50 valence electrons. The molecule has 1 nitrogen and oxygen atoms in total. The van der Waals surface area contributed by atoms with Gasteiger partial charge in [-0.25, -0.2) is 0 Å². The summed E-state index contributed by atoms with van der Waals surface area (Å²) in [6.07, 6.45) is 1.23. The maximum absolute atomic E-state index is 5.16. The van der Waals surface area contributed by atoms with Crippen LogP contribution in [0.25, 0.3) is 0 Å². The van der Waals surface area contributed by atoms with Crippen molar-refractivity contribution in [3.05, 3.63) is 0 Å². The van der Waals surface area contributed by atoms with E-state index in [0.29, 0.717) is 0 Å². The van der Waals surface area contributed by atoms with Gasteiger partial charge in [0, 0.05) is 21.7 Å². The van der Waals surface area contributed by atoms with Crippen LogP contribution in [0.5, 0.6) is 0 Å². The third kappa shape index (κ3) is 16.0. The van der Waals surface area contributed by atoms with Gasteiger partial charge in [-0.1, -0.05) is 6.04 Å². The maximum Gasteiger partial charge on any atom is 0.00286 e. The van der Waals surface area contributed by atoms with Crippen LogP contribution < -0.4 is 5.73 Å². The molecule has 0 spiro atoms. The van der Waals surface area contributed by atoms with Crippen LogP contribution >= 0.6 is 11.8 Å². The molecule has 0 aromatic carbocycles. The summed E-state index contributed by atoms with van der Waals surface area (Å²) in [5.74, 6) is 2.83. The van der Waals surface area contributed by atoms with Gasteiger partial charge in [-0.15, -0.1) is 0 Å². The Labute approximate surface area is 58.8 Å². The first-order valence-electron chi connectivity index (χ1n) is 3.19. The van der Waals surface area contributed by atoms with Gasteiger partial charge >= 0.3 is 0 Å². The molecule has 0 radical (unpaired) electrons. The molecule has 3 heteroatoms. The van der Waals surface area contributed by atoms with Crippen LogP contribution in [0.2, 0.25) is 6.04 Å². The summed E-state index contributed by atoms with van der Waals surface area (Å²) in [6, 6.07) is 1.36. The van der Waals surface area contributed by atoms with E-state index in [1.807, 2.05) is 11.8 Å². The van der Waals surface area contributed by atoms with E-state index in [9.17, 15) is 0 Å². The highest BCUT2D eigenvalue weighted by molar-refractivity contribution is 8.06. The molecule has 1 aliphatic rings. The van der Waals surface area contributed by atoms with E-state index in [1.165, 1.54) is 34.2 Å². The fraction of sp³-hybridized carbons (Fsp3) is 1.00. The lowest BCUT2D eigenvalue weighted by Gasteiger charge is -1.80. The molecule has 1 heterocycles. The molecule has 1 fully saturated rings. The monoisotopic (exact) mass is 149 g/mol. The van der Waals surface area contributed by atoms with Gasteiger partial charge in [0.1, 0.15) is 0 Å². The Morgan fingerprint density at radius 3 is 2.00 bits per heavy atom. The van der Waals surface area contributed by atoms with Crippen molar-refractivity contribution in [2.75, 3.05) is 18.1 Å². The molecular formula is C5H15NSSi. The minimum absolute atomic E-state index is 0.878. The molecule has 1 saturated heterocycles. The molecule has 2 N–H and O–H groups in total.